The monoisotopic (exact) mass is 554 g/mol. The SMILES string of the molecule is [C-]#[N+]C(=C)C(=O)N1CCCCCC1CNc1ncnc2[nH]cc(C(=O)c3ccc(Oc4ccccc4)cc3Cl)c12. The average molecular weight is 555 g/mol. The molecular weight excluding hydrogens is 528 g/mol. The zero-order chi connectivity index (χ0) is 28.1. The lowest BCUT2D eigenvalue weighted by Gasteiger charge is -2.30. The topological polar surface area (TPSA) is 105 Å². The van der Waals surface area contributed by atoms with Crippen LogP contribution in [0.1, 0.15) is 41.6 Å². The molecule has 2 aromatic carbocycles. The molecule has 5 rings (SSSR count). The maximum Gasteiger partial charge on any atom is 0.252 e. The van der Waals surface area contributed by atoms with E-state index in [2.05, 4.69) is 31.7 Å². The van der Waals surface area contributed by atoms with Gasteiger partial charge in [-0.25, -0.2) is 14.8 Å². The number of rotatable bonds is 8. The number of halogens is 1. The molecule has 1 atom stereocenters. The first kappa shape index (κ1) is 26.9. The summed E-state index contributed by atoms with van der Waals surface area (Å²) in [6.45, 7) is 11.8. The van der Waals surface area contributed by atoms with Gasteiger partial charge in [0.05, 0.1) is 22.5 Å². The van der Waals surface area contributed by atoms with Crippen LogP contribution in [0.3, 0.4) is 0 Å². The average Bonchev–Trinajstić information content (AvgIpc) is 3.27. The number of benzene rings is 2. The molecule has 0 aliphatic carbocycles. The number of nitrogens with one attached hydrogen (secondary N) is 2. The largest absolute Gasteiger partial charge is 0.457 e. The number of nitrogens with zero attached hydrogens (tertiary/aromatic N) is 4. The van der Waals surface area contributed by atoms with Crippen molar-refractivity contribution in [2.75, 3.05) is 18.4 Å². The van der Waals surface area contributed by atoms with E-state index in [9.17, 15) is 9.59 Å². The van der Waals surface area contributed by atoms with Gasteiger partial charge in [-0.3, -0.25) is 9.59 Å². The van der Waals surface area contributed by atoms with Gasteiger partial charge in [-0.05, 0) is 37.1 Å². The molecule has 1 amide bonds. The van der Waals surface area contributed by atoms with E-state index in [1.165, 1.54) is 6.33 Å². The van der Waals surface area contributed by atoms with E-state index in [0.717, 1.165) is 25.7 Å². The lowest BCUT2D eigenvalue weighted by atomic mass is 10.0. The maximum atomic E-state index is 13.6. The molecular formula is C30H27ClN6O3. The highest BCUT2D eigenvalue weighted by Gasteiger charge is 2.28. The van der Waals surface area contributed by atoms with Crippen LogP contribution in [0, 0.1) is 6.57 Å². The fraction of sp³-hybridized carbons (Fsp3) is 0.233. The van der Waals surface area contributed by atoms with E-state index in [0.29, 0.717) is 52.6 Å². The van der Waals surface area contributed by atoms with Gasteiger partial charge in [0.15, 0.2) is 5.78 Å². The van der Waals surface area contributed by atoms with Crippen molar-refractivity contribution in [3.63, 3.8) is 0 Å². The summed E-state index contributed by atoms with van der Waals surface area (Å²) >= 11 is 6.54. The zero-order valence-corrected chi connectivity index (χ0v) is 22.4. The van der Waals surface area contributed by atoms with Crippen LogP contribution in [0.15, 0.2) is 73.3 Å². The minimum atomic E-state index is -0.344. The third kappa shape index (κ3) is 5.67. The van der Waals surface area contributed by atoms with E-state index in [-0.39, 0.29) is 28.5 Å². The Morgan fingerprint density at radius 1 is 1.12 bits per heavy atom. The number of para-hydroxylation sites is 1. The van der Waals surface area contributed by atoms with Gasteiger partial charge in [0.2, 0.25) is 5.70 Å². The normalized spacial score (nSPS) is 15.2. The molecule has 202 valence electrons. The lowest BCUT2D eigenvalue weighted by Crippen LogP contribution is -2.44. The molecule has 1 saturated heterocycles. The molecule has 0 spiro atoms. The molecule has 3 heterocycles. The third-order valence-electron chi connectivity index (χ3n) is 6.90. The van der Waals surface area contributed by atoms with E-state index in [1.54, 1.807) is 29.3 Å². The summed E-state index contributed by atoms with van der Waals surface area (Å²) < 4.78 is 5.84. The Morgan fingerprint density at radius 2 is 1.95 bits per heavy atom. The maximum absolute atomic E-state index is 13.6. The van der Waals surface area contributed by atoms with Crippen molar-refractivity contribution >= 4 is 40.1 Å². The predicted octanol–water partition coefficient (Wildman–Crippen LogP) is 6.25. The highest BCUT2D eigenvalue weighted by Crippen LogP contribution is 2.31. The molecule has 4 aromatic rings. The molecule has 0 bridgehead atoms. The highest BCUT2D eigenvalue weighted by atomic mass is 35.5. The Labute approximate surface area is 236 Å². The smallest absolute Gasteiger partial charge is 0.252 e. The number of carbonyl (C=O) groups is 2. The van der Waals surface area contributed by atoms with Gasteiger partial charge < -0.3 is 19.9 Å². The summed E-state index contributed by atoms with van der Waals surface area (Å²) in [6.07, 6.45) is 6.64. The number of hydrogen-bond acceptors (Lipinski definition) is 6. The molecule has 0 saturated carbocycles. The van der Waals surface area contributed by atoms with Crippen LogP contribution in [0.4, 0.5) is 5.82 Å². The van der Waals surface area contributed by atoms with Gasteiger partial charge in [0.25, 0.3) is 5.91 Å². The Balaban J connectivity index is 1.39. The van der Waals surface area contributed by atoms with Crippen LogP contribution in [-0.4, -0.2) is 50.7 Å². The van der Waals surface area contributed by atoms with Gasteiger partial charge in [-0.15, -0.1) is 0 Å². The summed E-state index contributed by atoms with van der Waals surface area (Å²) in [4.78, 5) is 43.2. The number of fused-ring (bicyclic) bond motifs is 1. The Kier molecular flexibility index (Phi) is 8.08. The number of carbonyl (C=O) groups excluding carboxylic acids is 2. The Bertz CT molecular complexity index is 1610. The second-order valence-corrected chi connectivity index (χ2v) is 9.88. The van der Waals surface area contributed by atoms with Gasteiger partial charge >= 0.3 is 0 Å². The summed E-state index contributed by atoms with van der Waals surface area (Å²) in [6, 6.07) is 14.1. The molecule has 9 nitrogen and oxygen atoms in total. The summed E-state index contributed by atoms with van der Waals surface area (Å²) in [5.41, 5.74) is 1.09. The predicted molar refractivity (Wildman–Crippen MR) is 153 cm³/mol. The fourth-order valence-corrected chi connectivity index (χ4v) is 5.13. The van der Waals surface area contributed by atoms with Crippen LogP contribution in [0.25, 0.3) is 15.9 Å². The van der Waals surface area contributed by atoms with Crippen molar-refractivity contribution in [3.8, 4) is 11.5 Å². The number of aromatic nitrogens is 3. The number of ketones is 1. The van der Waals surface area contributed by atoms with E-state index in [4.69, 9.17) is 22.9 Å². The van der Waals surface area contributed by atoms with Crippen molar-refractivity contribution in [2.45, 2.75) is 31.7 Å². The number of anilines is 1. The van der Waals surface area contributed by atoms with Crippen LogP contribution in [0.5, 0.6) is 11.5 Å². The number of ether oxygens (including phenoxy) is 1. The van der Waals surface area contributed by atoms with Gasteiger partial charge in [-0.2, -0.15) is 0 Å². The molecule has 2 N–H and O–H groups in total. The van der Waals surface area contributed by atoms with E-state index >= 15 is 0 Å². The minimum Gasteiger partial charge on any atom is -0.457 e. The number of amides is 1. The Morgan fingerprint density at radius 3 is 2.73 bits per heavy atom. The highest BCUT2D eigenvalue weighted by molar-refractivity contribution is 6.35. The summed E-state index contributed by atoms with van der Waals surface area (Å²) in [5.74, 6) is 1.01. The standard InChI is InChI=1S/C30H27ClN6O3/c1-19(32-2)30(39)37-14-8-4-5-9-20(37)16-33-28-26-24(17-34-29(26)36-18-35-28)27(38)23-13-12-22(15-25(23)31)40-21-10-6-3-7-11-21/h3,6-7,10-13,15,17-18,20H,1,4-5,8-9,14,16H2,(H2,33,34,35,36). The quantitative estimate of drug-likeness (QED) is 0.151. The van der Waals surface area contributed by atoms with E-state index < -0.39 is 0 Å². The molecule has 1 fully saturated rings. The Hall–Kier alpha value is -4.68. The molecule has 10 heteroatoms. The van der Waals surface area contributed by atoms with Crippen LogP contribution >= 0.6 is 11.6 Å². The molecule has 2 aromatic heterocycles. The van der Waals surface area contributed by atoms with Crippen molar-refractivity contribution in [1.29, 1.82) is 0 Å². The first-order valence-corrected chi connectivity index (χ1v) is 13.3. The van der Waals surface area contributed by atoms with E-state index in [1.807, 2.05) is 30.3 Å². The van der Waals surface area contributed by atoms with Crippen molar-refractivity contribution in [1.82, 2.24) is 19.9 Å². The molecule has 1 aliphatic rings. The van der Waals surface area contributed by atoms with Gasteiger partial charge in [0.1, 0.15) is 29.3 Å². The summed E-state index contributed by atoms with van der Waals surface area (Å²) in [7, 11) is 0. The molecule has 0 radical (unpaired) electrons. The lowest BCUT2D eigenvalue weighted by molar-refractivity contribution is -0.128. The second kappa shape index (κ2) is 12.0. The van der Waals surface area contributed by atoms with Crippen LogP contribution in [-0.2, 0) is 4.79 Å². The molecule has 1 aliphatic heterocycles. The third-order valence-corrected chi connectivity index (χ3v) is 7.22. The number of aromatic amines is 1. The number of likely N-dealkylation sites (tertiary alicyclic amines) is 1. The van der Waals surface area contributed by atoms with Crippen molar-refractivity contribution in [3.05, 3.63) is 101 Å². The van der Waals surface area contributed by atoms with Gasteiger partial charge in [-0.1, -0.05) is 49.2 Å². The number of H-pyrrole nitrogens is 1. The van der Waals surface area contributed by atoms with Crippen molar-refractivity contribution in [2.24, 2.45) is 0 Å². The van der Waals surface area contributed by atoms with Gasteiger partial charge in [0, 0.05) is 37.0 Å². The first-order chi connectivity index (χ1) is 19.5. The zero-order valence-electron chi connectivity index (χ0n) is 21.7. The summed E-state index contributed by atoms with van der Waals surface area (Å²) in [5, 5.41) is 4.12. The second-order valence-electron chi connectivity index (χ2n) is 9.48. The van der Waals surface area contributed by atoms with Crippen LogP contribution < -0.4 is 10.1 Å². The van der Waals surface area contributed by atoms with Crippen molar-refractivity contribution < 1.29 is 14.3 Å². The minimum absolute atomic E-state index is 0.0908. The van der Waals surface area contributed by atoms with Crippen LogP contribution in [0.2, 0.25) is 5.02 Å². The molecule has 40 heavy (non-hydrogen) atoms. The number of hydrogen-bond donors (Lipinski definition) is 2. The molecule has 1 unspecified atom stereocenters. The first-order valence-electron chi connectivity index (χ1n) is 13.0. The fourth-order valence-electron chi connectivity index (χ4n) is 4.87.